The summed E-state index contributed by atoms with van der Waals surface area (Å²) in [6.07, 6.45) is 0. The van der Waals surface area contributed by atoms with Crippen molar-refractivity contribution in [2.24, 2.45) is 0 Å². The number of carbonyl (C=O) groups is 2. The molecule has 7 nitrogen and oxygen atoms in total. The van der Waals surface area contributed by atoms with Crippen LogP contribution in [0.25, 0.3) is 0 Å². The maximum absolute atomic E-state index is 13.1. The Balaban J connectivity index is 1.21. The highest BCUT2D eigenvalue weighted by Gasteiger charge is 2.23. The third-order valence-corrected chi connectivity index (χ3v) is 5.95. The molecular weight excluding hydrogens is 431 g/mol. The van der Waals surface area contributed by atoms with E-state index < -0.39 is 5.97 Å². The van der Waals surface area contributed by atoms with Gasteiger partial charge in [0.2, 0.25) is 0 Å². The Morgan fingerprint density at radius 2 is 1.75 bits per heavy atom. The zero-order valence-electron chi connectivity index (χ0n) is 17.4. The van der Waals surface area contributed by atoms with Gasteiger partial charge in [0.25, 0.3) is 5.91 Å². The lowest BCUT2D eigenvalue weighted by atomic mass is 10.2. The molecule has 0 aliphatic carbocycles. The fourth-order valence-electron chi connectivity index (χ4n) is 3.38. The number of ether oxygens (including phenoxy) is 1. The van der Waals surface area contributed by atoms with Gasteiger partial charge in [0.15, 0.2) is 17.4 Å². The summed E-state index contributed by atoms with van der Waals surface area (Å²) in [7, 11) is 0. The van der Waals surface area contributed by atoms with E-state index in [1.807, 2.05) is 30.3 Å². The minimum atomic E-state index is -0.618. The number of amides is 1. The van der Waals surface area contributed by atoms with Crippen LogP contribution < -0.4 is 10.2 Å². The number of nitrogens with zero attached hydrogens (tertiary/aromatic N) is 3. The molecule has 0 bridgehead atoms. The number of halogens is 1. The normalized spacial score (nSPS) is 13.7. The maximum Gasteiger partial charge on any atom is 0.358 e. The van der Waals surface area contributed by atoms with Gasteiger partial charge < -0.3 is 19.9 Å². The number of benzene rings is 2. The molecule has 1 aliphatic rings. The van der Waals surface area contributed by atoms with Crippen molar-refractivity contribution in [3.05, 3.63) is 77.1 Å². The van der Waals surface area contributed by atoms with Gasteiger partial charge in [0.05, 0.1) is 0 Å². The zero-order chi connectivity index (χ0) is 22.3. The van der Waals surface area contributed by atoms with E-state index in [0.717, 1.165) is 11.3 Å². The molecule has 0 radical (unpaired) electrons. The zero-order valence-corrected chi connectivity index (χ0v) is 18.2. The summed E-state index contributed by atoms with van der Waals surface area (Å²) in [6, 6.07) is 16.2. The molecule has 0 saturated carbocycles. The largest absolute Gasteiger partial charge is 0.451 e. The quantitative estimate of drug-likeness (QED) is 0.552. The molecule has 2 heterocycles. The van der Waals surface area contributed by atoms with Gasteiger partial charge in [-0.15, -0.1) is 11.3 Å². The highest BCUT2D eigenvalue weighted by Crippen LogP contribution is 2.18. The molecule has 32 heavy (non-hydrogen) atoms. The summed E-state index contributed by atoms with van der Waals surface area (Å²) in [5, 5.41) is 5.40. The second kappa shape index (κ2) is 10.2. The Labute approximate surface area is 189 Å². The summed E-state index contributed by atoms with van der Waals surface area (Å²) >= 11 is 1.31. The van der Waals surface area contributed by atoms with E-state index in [9.17, 15) is 14.0 Å². The predicted octanol–water partition coefficient (Wildman–Crippen LogP) is 3.40. The van der Waals surface area contributed by atoms with Crippen molar-refractivity contribution >= 4 is 34.0 Å². The molecule has 1 N–H and O–H groups in total. The van der Waals surface area contributed by atoms with Crippen LogP contribution in [0.15, 0.2) is 60.0 Å². The van der Waals surface area contributed by atoms with Crippen molar-refractivity contribution in [2.45, 2.75) is 6.54 Å². The van der Waals surface area contributed by atoms with E-state index in [0.29, 0.717) is 37.9 Å². The lowest BCUT2D eigenvalue weighted by Gasteiger charge is -2.36. The summed E-state index contributed by atoms with van der Waals surface area (Å²) < 4.78 is 18.3. The van der Waals surface area contributed by atoms with Crippen molar-refractivity contribution in [1.29, 1.82) is 0 Å². The van der Waals surface area contributed by atoms with Crippen molar-refractivity contribution in [1.82, 2.24) is 9.88 Å². The van der Waals surface area contributed by atoms with E-state index in [1.165, 1.54) is 23.5 Å². The van der Waals surface area contributed by atoms with Crippen LogP contribution in [0.1, 0.15) is 16.1 Å². The topological polar surface area (TPSA) is 74.8 Å². The van der Waals surface area contributed by atoms with E-state index in [1.54, 1.807) is 22.4 Å². The van der Waals surface area contributed by atoms with Gasteiger partial charge in [-0.2, -0.15) is 0 Å². The molecule has 3 aromatic rings. The summed E-state index contributed by atoms with van der Waals surface area (Å²) in [4.78, 5) is 32.7. The van der Waals surface area contributed by atoms with Crippen molar-refractivity contribution in [3.8, 4) is 0 Å². The second-order valence-corrected chi connectivity index (χ2v) is 8.16. The SMILES string of the molecule is O=C(OCC(=O)N1CCN(c2ccc(F)cc2)CC1)c1csc(NCc2ccccc2)n1. The number of rotatable bonds is 7. The first kappa shape index (κ1) is 21.8. The van der Waals surface area contributed by atoms with Crippen LogP contribution in [0.4, 0.5) is 15.2 Å². The molecule has 166 valence electrons. The maximum atomic E-state index is 13.1. The molecular formula is C23H23FN4O3S. The van der Waals surface area contributed by atoms with Gasteiger partial charge in [0, 0.05) is 43.8 Å². The Bertz CT molecular complexity index is 1050. The first-order valence-electron chi connectivity index (χ1n) is 10.3. The number of piperazine rings is 1. The van der Waals surface area contributed by atoms with Gasteiger partial charge in [-0.25, -0.2) is 14.2 Å². The second-order valence-electron chi connectivity index (χ2n) is 7.30. The van der Waals surface area contributed by atoms with Crippen LogP contribution in [-0.4, -0.2) is 54.5 Å². The highest BCUT2D eigenvalue weighted by atomic mass is 32.1. The fraction of sp³-hybridized carbons (Fsp3) is 0.261. The Morgan fingerprint density at radius 1 is 1.03 bits per heavy atom. The third-order valence-electron chi connectivity index (χ3n) is 5.15. The third kappa shape index (κ3) is 5.61. The smallest absolute Gasteiger partial charge is 0.358 e. The number of esters is 1. The van der Waals surface area contributed by atoms with Crippen molar-refractivity contribution < 1.29 is 18.7 Å². The van der Waals surface area contributed by atoms with Crippen LogP contribution >= 0.6 is 11.3 Å². The summed E-state index contributed by atoms with van der Waals surface area (Å²) in [5.74, 6) is -1.13. The van der Waals surface area contributed by atoms with Crippen LogP contribution in [0, 0.1) is 5.82 Å². The molecule has 9 heteroatoms. The highest BCUT2D eigenvalue weighted by molar-refractivity contribution is 7.13. The molecule has 0 unspecified atom stereocenters. The van der Waals surface area contributed by atoms with Crippen LogP contribution in [0.5, 0.6) is 0 Å². The van der Waals surface area contributed by atoms with E-state index in [2.05, 4.69) is 15.2 Å². The number of nitrogens with one attached hydrogen (secondary N) is 1. The first-order valence-corrected chi connectivity index (χ1v) is 11.2. The van der Waals surface area contributed by atoms with Crippen molar-refractivity contribution in [2.75, 3.05) is 43.0 Å². The number of hydrogen-bond donors (Lipinski definition) is 1. The lowest BCUT2D eigenvalue weighted by molar-refractivity contribution is -0.134. The van der Waals surface area contributed by atoms with Gasteiger partial charge >= 0.3 is 5.97 Å². The standard InChI is InChI=1S/C23H23FN4O3S/c24-18-6-8-19(9-7-18)27-10-12-28(13-11-27)21(29)15-31-22(30)20-16-32-23(26-20)25-14-17-4-2-1-3-5-17/h1-9,16H,10-15H2,(H,25,26). The lowest BCUT2D eigenvalue weighted by Crippen LogP contribution is -2.49. The van der Waals surface area contributed by atoms with Crippen molar-refractivity contribution in [3.63, 3.8) is 0 Å². The summed E-state index contributed by atoms with van der Waals surface area (Å²) in [5.41, 5.74) is 2.21. The minimum absolute atomic E-state index is 0.180. The Morgan fingerprint density at radius 3 is 2.47 bits per heavy atom. The van der Waals surface area contributed by atoms with Crippen LogP contribution in [-0.2, 0) is 16.1 Å². The molecule has 0 atom stereocenters. The predicted molar refractivity (Wildman–Crippen MR) is 121 cm³/mol. The minimum Gasteiger partial charge on any atom is -0.451 e. The average Bonchev–Trinajstić information content (AvgIpc) is 3.31. The molecule has 1 saturated heterocycles. The first-order chi connectivity index (χ1) is 15.6. The number of anilines is 2. The molecule has 1 amide bonds. The molecule has 1 aromatic heterocycles. The summed E-state index contributed by atoms with van der Waals surface area (Å²) in [6.45, 7) is 2.57. The van der Waals surface area contributed by atoms with Crippen LogP contribution in [0.3, 0.4) is 0 Å². The molecule has 0 spiro atoms. The van der Waals surface area contributed by atoms with E-state index >= 15 is 0 Å². The van der Waals surface area contributed by atoms with Crippen LogP contribution in [0.2, 0.25) is 0 Å². The van der Waals surface area contributed by atoms with Gasteiger partial charge in [0.1, 0.15) is 5.82 Å². The van der Waals surface area contributed by atoms with E-state index in [4.69, 9.17) is 4.74 Å². The van der Waals surface area contributed by atoms with E-state index in [-0.39, 0.29) is 24.0 Å². The Hall–Kier alpha value is -3.46. The van der Waals surface area contributed by atoms with Gasteiger partial charge in [-0.05, 0) is 29.8 Å². The average molecular weight is 455 g/mol. The fourth-order valence-corrected chi connectivity index (χ4v) is 4.06. The van der Waals surface area contributed by atoms with Gasteiger partial charge in [-0.3, -0.25) is 4.79 Å². The number of thiazole rings is 1. The number of carbonyl (C=O) groups excluding carboxylic acids is 2. The Kier molecular flexibility index (Phi) is 6.96. The molecule has 2 aromatic carbocycles. The number of hydrogen-bond acceptors (Lipinski definition) is 7. The molecule has 1 aliphatic heterocycles. The molecule has 4 rings (SSSR count). The van der Waals surface area contributed by atoms with Gasteiger partial charge in [-0.1, -0.05) is 30.3 Å². The monoisotopic (exact) mass is 454 g/mol. The molecule has 1 fully saturated rings. The number of aromatic nitrogens is 1.